The molecule has 2 heterocycles. The number of hydrogen-bond acceptors (Lipinski definition) is 4. The van der Waals surface area contributed by atoms with E-state index < -0.39 is 0 Å². The maximum atomic E-state index is 3.99. The van der Waals surface area contributed by atoms with Crippen molar-refractivity contribution in [3.05, 3.63) is 22.8 Å². The van der Waals surface area contributed by atoms with Crippen molar-refractivity contribution in [1.82, 2.24) is 4.98 Å². The number of pyridine rings is 1. The molecule has 0 aliphatic carbocycles. The van der Waals surface area contributed by atoms with Crippen molar-refractivity contribution in [3.63, 3.8) is 0 Å². The molecule has 4 heteroatoms. The standard InChI is InChI=1S/C6H4N4/c1-4-2-3-5-6(7-4)9-10-8-5/h2-3H,1H2. The van der Waals surface area contributed by atoms with Gasteiger partial charge in [0.1, 0.15) is 5.36 Å². The molecule has 10 heavy (non-hydrogen) atoms. The molecule has 0 fully saturated rings. The molecule has 0 aromatic carbocycles. The summed E-state index contributed by atoms with van der Waals surface area (Å²) in [7, 11) is 0. The van der Waals surface area contributed by atoms with Crippen molar-refractivity contribution in [2.45, 2.75) is 0 Å². The minimum Gasteiger partial charge on any atom is -0.226 e. The van der Waals surface area contributed by atoms with Gasteiger partial charge >= 0.3 is 0 Å². The van der Waals surface area contributed by atoms with Crippen LogP contribution in [0.25, 0.3) is 6.58 Å². The number of hydrogen-bond donors (Lipinski definition) is 0. The summed E-state index contributed by atoms with van der Waals surface area (Å²) in [6.45, 7) is 3.64. The SMILES string of the molecule is C=c1ccc2c(n1)N=NN=2. The Morgan fingerprint density at radius 2 is 2.20 bits per heavy atom. The second-order valence-corrected chi connectivity index (χ2v) is 1.93. The zero-order valence-electron chi connectivity index (χ0n) is 5.15. The van der Waals surface area contributed by atoms with Gasteiger partial charge in [-0.15, -0.1) is 10.2 Å². The molecule has 0 saturated heterocycles. The molecule has 48 valence electrons. The van der Waals surface area contributed by atoms with Crippen LogP contribution in [0.4, 0.5) is 5.82 Å². The van der Waals surface area contributed by atoms with E-state index in [0.717, 1.165) is 0 Å². The lowest BCUT2D eigenvalue weighted by molar-refractivity contribution is 1.07. The van der Waals surface area contributed by atoms with Gasteiger partial charge in [-0.25, -0.2) is 4.98 Å². The fourth-order valence-electron chi connectivity index (χ4n) is 0.745. The van der Waals surface area contributed by atoms with Crippen LogP contribution in [0.3, 0.4) is 0 Å². The largest absolute Gasteiger partial charge is 0.226 e. The Kier molecular flexibility index (Phi) is 0.887. The maximum absolute atomic E-state index is 3.99. The predicted molar refractivity (Wildman–Crippen MR) is 35.1 cm³/mol. The van der Waals surface area contributed by atoms with E-state index in [1.54, 1.807) is 12.1 Å². The fraction of sp³-hybridized carbons (Fsp3) is 0. The average Bonchev–Trinajstić information content (AvgIpc) is 2.33. The van der Waals surface area contributed by atoms with Gasteiger partial charge < -0.3 is 0 Å². The summed E-state index contributed by atoms with van der Waals surface area (Å²) in [5.41, 5.74) is 0. The van der Waals surface area contributed by atoms with Crippen molar-refractivity contribution in [2.75, 3.05) is 0 Å². The molecule has 1 aliphatic heterocycles. The Morgan fingerprint density at radius 1 is 1.30 bits per heavy atom. The van der Waals surface area contributed by atoms with E-state index in [1.165, 1.54) is 0 Å². The van der Waals surface area contributed by atoms with Gasteiger partial charge in [-0.05, 0) is 17.4 Å². The van der Waals surface area contributed by atoms with Crippen molar-refractivity contribution < 1.29 is 0 Å². The Morgan fingerprint density at radius 3 is 3.10 bits per heavy atom. The van der Waals surface area contributed by atoms with Gasteiger partial charge in [0.2, 0.25) is 5.82 Å². The van der Waals surface area contributed by atoms with Crippen LogP contribution in [-0.2, 0) is 0 Å². The summed E-state index contributed by atoms with van der Waals surface area (Å²) in [6, 6.07) is 3.57. The summed E-state index contributed by atoms with van der Waals surface area (Å²) >= 11 is 0. The van der Waals surface area contributed by atoms with Gasteiger partial charge in [0.05, 0.1) is 5.35 Å². The van der Waals surface area contributed by atoms with Crippen LogP contribution in [0.5, 0.6) is 0 Å². The minimum atomic E-state index is 0.563. The first kappa shape index (κ1) is 5.22. The quantitative estimate of drug-likeness (QED) is 0.494. The van der Waals surface area contributed by atoms with E-state index in [-0.39, 0.29) is 0 Å². The van der Waals surface area contributed by atoms with Gasteiger partial charge in [0.25, 0.3) is 0 Å². The van der Waals surface area contributed by atoms with Gasteiger partial charge in [-0.2, -0.15) is 0 Å². The third kappa shape index (κ3) is 0.621. The number of rotatable bonds is 0. The molecule has 0 radical (unpaired) electrons. The molecule has 0 amide bonds. The molecule has 0 atom stereocenters. The third-order valence-electron chi connectivity index (χ3n) is 1.20. The minimum absolute atomic E-state index is 0.563. The Bertz CT molecular complexity index is 393. The lowest BCUT2D eigenvalue weighted by Gasteiger charge is -1.82. The van der Waals surface area contributed by atoms with Gasteiger partial charge in [-0.3, -0.25) is 0 Å². The van der Waals surface area contributed by atoms with E-state index >= 15 is 0 Å². The molecule has 0 saturated carbocycles. The van der Waals surface area contributed by atoms with E-state index in [9.17, 15) is 0 Å². The molecule has 2 rings (SSSR count). The van der Waals surface area contributed by atoms with Crippen molar-refractivity contribution >= 4 is 12.4 Å². The second kappa shape index (κ2) is 1.70. The van der Waals surface area contributed by atoms with E-state index in [0.29, 0.717) is 16.5 Å². The fourth-order valence-corrected chi connectivity index (χ4v) is 0.745. The van der Waals surface area contributed by atoms with E-state index in [1.807, 2.05) is 0 Å². The maximum Gasteiger partial charge on any atom is 0.204 e. The summed E-state index contributed by atoms with van der Waals surface area (Å²) in [5, 5.41) is 12.2. The average molecular weight is 132 g/mol. The summed E-state index contributed by atoms with van der Waals surface area (Å²) < 4.78 is 0. The van der Waals surface area contributed by atoms with Crippen LogP contribution in [0.2, 0.25) is 0 Å². The van der Waals surface area contributed by atoms with Gasteiger partial charge in [0, 0.05) is 0 Å². The highest BCUT2D eigenvalue weighted by molar-refractivity contribution is 5.26. The predicted octanol–water partition coefficient (Wildman–Crippen LogP) is 0.124. The van der Waals surface area contributed by atoms with Crippen LogP contribution < -0.4 is 10.7 Å². The topological polar surface area (TPSA) is 50.0 Å². The first-order valence-electron chi connectivity index (χ1n) is 2.81. The van der Waals surface area contributed by atoms with Crippen molar-refractivity contribution in [2.24, 2.45) is 15.4 Å². The van der Waals surface area contributed by atoms with Crippen LogP contribution in [0.1, 0.15) is 0 Å². The van der Waals surface area contributed by atoms with Crippen LogP contribution in [0, 0.1) is 0 Å². The Hall–Kier alpha value is -1.58. The molecule has 0 spiro atoms. The Labute approximate surface area is 56.6 Å². The van der Waals surface area contributed by atoms with Crippen molar-refractivity contribution in [1.29, 1.82) is 0 Å². The van der Waals surface area contributed by atoms with Crippen molar-refractivity contribution in [3.8, 4) is 0 Å². The second-order valence-electron chi connectivity index (χ2n) is 1.93. The monoisotopic (exact) mass is 132 g/mol. The zero-order valence-corrected chi connectivity index (χ0v) is 5.15. The first-order valence-corrected chi connectivity index (χ1v) is 2.81. The van der Waals surface area contributed by atoms with Gasteiger partial charge in [0.15, 0.2) is 0 Å². The number of nitrogens with zero attached hydrogens (tertiary/aromatic N) is 4. The highest BCUT2D eigenvalue weighted by atomic mass is 15.4. The molecular weight excluding hydrogens is 128 g/mol. The number of aromatic nitrogens is 1. The molecule has 0 N–H and O–H groups in total. The summed E-state index contributed by atoms with van der Waals surface area (Å²) in [6.07, 6.45) is 0. The number of fused-ring (bicyclic) bond motifs is 1. The van der Waals surface area contributed by atoms with Gasteiger partial charge in [-0.1, -0.05) is 6.58 Å². The molecule has 1 aromatic heterocycles. The summed E-state index contributed by atoms with van der Waals surface area (Å²) in [5.74, 6) is 0.563. The molecule has 4 nitrogen and oxygen atoms in total. The highest BCUT2D eigenvalue weighted by Crippen LogP contribution is 2.01. The first-order chi connectivity index (χ1) is 4.86. The van der Waals surface area contributed by atoms with Crippen LogP contribution >= 0.6 is 0 Å². The normalized spacial score (nSPS) is 12.8. The highest BCUT2D eigenvalue weighted by Gasteiger charge is 1.99. The summed E-state index contributed by atoms with van der Waals surface area (Å²) in [4.78, 5) is 3.99. The zero-order chi connectivity index (χ0) is 6.97. The van der Waals surface area contributed by atoms with Crippen LogP contribution in [-0.4, -0.2) is 4.98 Å². The molecule has 0 bridgehead atoms. The lowest BCUT2D eigenvalue weighted by Crippen LogP contribution is -2.10. The Balaban J connectivity index is 2.89. The smallest absolute Gasteiger partial charge is 0.204 e. The van der Waals surface area contributed by atoms with E-state index in [2.05, 4.69) is 27.0 Å². The van der Waals surface area contributed by atoms with E-state index in [4.69, 9.17) is 0 Å². The van der Waals surface area contributed by atoms with Crippen LogP contribution in [0.15, 0.2) is 27.6 Å². The molecule has 1 aliphatic rings. The third-order valence-corrected chi connectivity index (χ3v) is 1.20. The lowest BCUT2D eigenvalue weighted by atomic mass is 10.4. The molecule has 0 unspecified atom stereocenters. The molecule has 1 aromatic rings. The molecular formula is C6H4N4.